The molecule has 0 heterocycles. The molecule has 4 heteroatoms. The van der Waals surface area contributed by atoms with Crippen LogP contribution < -0.4 is 11.1 Å². The minimum atomic E-state index is -0.0138. The van der Waals surface area contributed by atoms with Gasteiger partial charge in [-0.15, -0.1) is 11.8 Å². The van der Waals surface area contributed by atoms with Gasteiger partial charge in [-0.05, 0) is 29.0 Å². The predicted octanol–water partition coefficient (Wildman–Crippen LogP) is 3.44. The summed E-state index contributed by atoms with van der Waals surface area (Å²) in [4.78, 5) is 13.3. The number of para-hydroxylation sites is 1. The van der Waals surface area contributed by atoms with E-state index in [9.17, 15) is 4.79 Å². The van der Waals surface area contributed by atoms with Gasteiger partial charge in [0.25, 0.3) is 0 Å². The number of anilines is 1. The summed E-state index contributed by atoms with van der Waals surface area (Å²) < 4.78 is 0. The first-order valence-corrected chi connectivity index (χ1v) is 8.01. The van der Waals surface area contributed by atoms with Crippen molar-refractivity contribution in [3.8, 4) is 0 Å². The summed E-state index contributed by atoms with van der Waals surface area (Å²) in [5.74, 6) is 0.961. The number of rotatable bonds is 6. The highest BCUT2D eigenvalue weighted by molar-refractivity contribution is 7.99. The van der Waals surface area contributed by atoms with E-state index in [2.05, 4.69) is 12.2 Å². The lowest BCUT2D eigenvalue weighted by molar-refractivity contribution is -0.115. The summed E-state index contributed by atoms with van der Waals surface area (Å²) in [7, 11) is 0. The monoisotopic (exact) mass is 300 g/mol. The van der Waals surface area contributed by atoms with Crippen LogP contribution in [-0.4, -0.2) is 11.7 Å². The molecule has 0 spiro atoms. The van der Waals surface area contributed by atoms with Crippen LogP contribution in [0, 0.1) is 0 Å². The van der Waals surface area contributed by atoms with Crippen LogP contribution in [0.5, 0.6) is 0 Å². The maximum Gasteiger partial charge on any atom is 0.228 e. The third-order valence-electron chi connectivity index (χ3n) is 3.15. The average molecular weight is 300 g/mol. The molecule has 3 nitrogen and oxygen atoms in total. The normalized spacial score (nSPS) is 10.4. The van der Waals surface area contributed by atoms with E-state index in [4.69, 9.17) is 5.73 Å². The van der Waals surface area contributed by atoms with Crippen LogP contribution in [0.4, 0.5) is 5.69 Å². The lowest BCUT2D eigenvalue weighted by Gasteiger charge is -2.11. The van der Waals surface area contributed by atoms with Crippen molar-refractivity contribution in [2.75, 3.05) is 11.1 Å². The Bertz CT molecular complexity index is 613. The number of carbonyl (C=O) groups is 1. The van der Waals surface area contributed by atoms with Crippen molar-refractivity contribution in [3.05, 3.63) is 59.7 Å². The second kappa shape index (κ2) is 7.86. The lowest BCUT2D eigenvalue weighted by Crippen LogP contribution is -2.16. The fourth-order valence-corrected chi connectivity index (χ4v) is 2.91. The maximum atomic E-state index is 12.2. The van der Waals surface area contributed by atoms with Crippen LogP contribution in [0.1, 0.15) is 18.1 Å². The first kappa shape index (κ1) is 15.6. The summed E-state index contributed by atoms with van der Waals surface area (Å²) in [5.41, 5.74) is 8.58. The van der Waals surface area contributed by atoms with Crippen molar-refractivity contribution in [3.63, 3.8) is 0 Å². The van der Waals surface area contributed by atoms with Gasteiger partial charge in [0, 0.05) is 11.4 Å². The molecule has 3 N–H and O–H groups in total. The standard InChI is InChI=1S/C17H20N2OS/c1-2-21-16-10-6-5-9-15(16)19-17(20)11-13-7-3-4-8-14(13)12-18/h3-10H,2,11-12,18H2,1H3,(H,19,20). The number of thioether (sulfide) groups is 1. The largest absolute Gasteiger partial charge is 0.326 e. The summed E-state index contributed by atoms with van der Waals surface area (Å²) in [5, 5.41) is 2.99. The second-order valence-corrected chi connectivity index (χ2v) is 5.93. The maximum absolute atomic E-state index is 12.2. The molecule has 0 unspecified atom stereocenters. The number of hydrogen-bond donors (Lipinski definition) is 2. The Hall–Kier alpha value is -1.78. The number of amides is 1. The van der Waals surface area contributed by atoms with Crippen LogP contribution >= 0.6 is 11.8 Å². The molecule has 2 aromatic carbocycles. The Morgan fingerprint density at radius 3 is 2.48 bits per heavy atom. The fourth-order valence-electron chi connectivity index (χ4n) is 2.15. The van der Waals surface area contributed by atoms with Gasteiger partial charge in [0.05, 0.1) is 12.1 Å². The molecule has 0 saturated carbocycles. The van der Waals surface area contributed by atoms with Crippen molar-refractivity contribution in [1.29, 1.82) is 0 Å². The van der Waals surface area contributed by atoms with Gasteiger partial charge in [-0.1, -0.05) is 43.3 Å². The molecule has 21 heavy (non-hydrogen) atoms. The van der Waals surface area contributed by atoms with Gasteiger partial charge in [0.2, 0.25) is 5.91 Å². The van der Waals surface area contributed by atoms with Crippen molar-refractivity contribution in [2.45, 2.75) is 24.8 Å². The summed E-state index contributed by atoms with van der Waals surface area (Å²) in [6.45, 7) is 2.55. The highest BCUT2D eigenvalue weighted by atomic mass is 32.2. The first-order chi connectivity index (χ1) is 10.2. The van der Waals surface area contributed by atoms with E-state index in [-0.39, 0.29) is 5.91 Å². The zero-order valence-electron chi connectivity index (χ0n) is 12.1. The second-order valence-electron chi connectivity index (χ2n) is 4.63. The molecule has 0 atom stereocenters. The molecule has 2 rings (SSSR count). The summed E-state index contributed by atoms with van der Waals surface area (Å²) >= 11 is 1.72. The quantitative estimate of drug-likeness (QED) is 0.804. The van der Waals surface area contributed by atoms with Crippen molar-refractivity contribution >= 4 is 23.4 Å². The zero-order chi connectivity index (χ0) is 15.1. The molecule has 0 bridgehead atoms. The van der Waals surface area contributed by atoms with Crippen LogP contribution in [-0.2, 0) is 17.8 Å². The number of carbonyl (C=O) groups excluding carboxylic acids is 1. The van der Waals surface area contributed by atoms with Crippen molar-refractivity contribution < 1.29 is 4.79 Å². The molecule has 2 aromatic rings. The molecule has 0 fully saturated rings. The number of nitrogens with one attached hydrogen (secondary N) is 1. The van der Waals surface area contributed by atoms with Crippen molar-refractivity contribution in [2.24, 2.45) is 5.73 Å². The van der Waals surface area contributed by atoms with Gasteiger partial charge in [-0.25, -0.2) is 0 Å². The smallest absolute Gasteiger partial charge is 0.228 e. The molecule has 0 aliphatic carbocycles. The molecule has 110 valence electrons. The molecule has 0 aromatic heterocycles. The third-order valence-corrected chi connectivity index (χ3v) is 4.11. The highest BCUT2D eigenvalue weighted by Gasteiger charge is 2.09. The molecule has 0 saturated heterocycles. The SMILES string of the molecule is CCSc1ccccc1NC(=O)Cc1ccccc1CN. The lowest BCUT2D eigenvalue weighted by atomic mass is 10.0. The average Bonchev–Trinajstić information content (AvgIpc) is 2.50. The first-order valence-electron chi connectivity index (χ1n) is 7.03. The third kappa shape index (κ3) is 4.34. The molecular weight excluding hydrogens is 280 g/mol. The van der Waals surface area contributed by atoms with Gasteiger partial charge in [0.15, 0.2) is 0 Å². The van der Waals surface area contributed by atoms with E-state index >= 15 is 0 Å². The fraction of sp³-hybridized carbons (Fsp3) is 0.235. The van der Waals surface area contributed by atoms with E-state index in [1.165, 1.54) is 0 Å². The molecule has 0 aliphatic rings. The van der Waals surface area contributed by atoms with E-state index in [1.54, 1.807) is 11.8 Å². The highest BCUT2D eigenvalue weighted by Crippen LogP contribution is 2.26. The predicted molar refractivity (Wildman–Crippen MR) is 89.5 cm³/mol. The van der Waals surface area contributed by atoms with E-state index in [0.717, 1.165) is 27.5 Å². The minimum absolute atomic E-state index is 0.0138. The Kier molecular flexibility index (Phi) is 5.84. The van der Waals surface area contributed by atoms with Crippen molar-refractivity contribution in [1.82, 2.24) is 0 Å². The van der Waals surface area contributed by atoms with E-state index in [1.807, 2.05) is 48.5 Å². The van der Waals surface area contributed by atoms with Crippen LogP contribution in [0.3, 0.4) is 0 Å². The van der Waals surface area contributed by atoms with Gasteiger partial charge in [0.1, 0.15) is 0 Å². The van der Waals surface area contributed by atoms with E-state index < -0.39 is 0 Å². The number of hydrogen-bond acceptors (Lipinski definition) is 3. The molecule has 1 amide bonds. The van der Waals surface area contributed by atoms with Crippen LogP contribution in [0.25, 0.3) is 0 Å². The molecule has 0 radical (unpaired) electrons. The number of nitrogens with two attached hydrogens (primary N) is 1. The Balaban J connectivity index is 2.08. The minimum Gasteiger partial charge on any atom is -0.326 e. The molecular formula is C17H20N2OS. The summed E-state index contributed by atoms with van der Waals surface area (Å²) in [6, 6.07) is 15.7. The summed E-state index contributed by atoms with van der Waals surface area (Å²) in [6.07, 6.45) is 0.346. The Labute approximate surface area is 129 Å². The van der Waals surface area contributed by atoms with Crippen LogP contribution in [0.15, 0.2) is 53.4 Å². The van der Waals surface area contributed by atoms with Crippen LogP contribution in [0.2, 0.25) is 0 Å². The van der Waals surface area contributed by atoms with E-state index in [0.29, 0.717) is 13.0 Å². The Morgan fingerprint density at radius 1 is 1.10 bits per heavy atom. The Morgan fingerprint density at radius 2 is 1.76 bits per heavy atom. The topological polar surface area (TPSA) is 55.1 Å². The van der Waals surface area contributed by atoms with Gasteiger partial charge in [-0.2, -0.15) is 0 Å². The zero-order valence-corrected chi connectivity index (χ0v) is 13.0. The number of benzene rings is 2. The van der Waals surface area contributed by atoms with Gasteiger partial charge in [-0.3, -0.25) is 4.79 Å². The molecule has 0 aliphatic heterocycles. The van der Waals surface area contributed by atoms with Gasteiger partial charge < -0.3 is 11.1 Å². The van der Waals surface area contributed by atoms with Gasteiger partial charge >= 0.3 is 0 Å².